The summed E-state index contributed by atoms with van der Waals surface area (Å²) in [6, 6.07) is -0.112. The topological polar surface area (TPSA) is 44.4 Å². The molecule has 0 aromatic rings. The minimum absolute atomic E-state index is 0.0361. The van der Waals surface area contributed by atoms with E-state index in [-0.39, 0.29) is 17.5 Å². The minimum atomic E-state index is -0.112. The summed E-state index contributed by atoms with van der Waals surface area (Å²) in [4.78, 5) is 14.4. The monoisotopic (exact) mass is 249 g/mol. The second-order valence-corrected chi connectivity index (χ2v) is 5.93. The Morgan fingerprint density at radius 1 is 1.61 bits per heavy atom. The van der Waals surface area contributed by atoms with Gasteiger partial charge in [0.25, 0.3) is 0 Å². The number of likely N-dealkylation sites (tertiary alicyclic amines) is 1. The van der Waals surface area contributed by atoms with Gasteiger partial charge < -0.3 is 10.6 Å². The zero-order valence-electron chi connectivity index (χ0n) is 11.5. The molecule has 0 aliphatic carbocycles. The Morgan fingerprint density at radius 3 is 2.94 bits per heavy atom. The zero-order valence-corrected chi connectivity index (χ0v) is 11.5. The number of nitrogens with one attached hydrogen (secondary N) is 2. The van der Waals surface area contributed by atoms with Crippen molar-refractivity contribution < 1.29 is 4.79 Å². The number of carbonyl (C=O) groups is 1. The van der Waals surface area contributed by atoms with Crippen molar-refractivity contribution >= 4 is 5.91 Å². The molecular weight excluding hydrogens is 226 g/mol. The van der Waals surface area contributed by atoms with Crippen LogP contribution in [-0.2, 0) is 4.79 Å². The number of nitrogens with zero attached hydrogens (tertiary/aromatic N) is 1. The number of amides is 1. The molecule has 18 heavy (non-hydrogen) atoms. The van der Waals surface area contributed by atoms with E-state index < -0.39 is 0 Å². The van der Waals surface area contributed by atoms with Crippen molar-refractivity contribution in [2.45, 2.75) is 32.4 Å². The smallest absolute Gasteiger partial charge is 0.237 e. The highest BCUT2D eigenvalue weighted by Crippen LogP contribution is 2.41. The summed E-state index contributed by atoms with van der Waals surface area (Å²) in [6.07, 6.45) is 5.17. The normalized spacial score (nSPS) is 31.7. The SMILES string of the molecule is C#CCNC(=O)C(C)N1CC2CNCC2C1(C)C. The Hall–Kier alpha value is -1.05. The lowest BCUT2D eigenvalue weighted by atomic mass is 9.84. The summed E-state index contributed by atoms with van der Waals surface area (Å²) in [5.74, 6) is 3.79. The molecule has 2 N–H and O–H groups in total. The Kier molecular flexibility index (Phi) is 3.65. The van der Waals surface area contributed by atoms with Crippen LogP contribution in [0, 0.1) is 24.2 Å². The van der Waals surface area contributed by atoms with Gasteiger partial charge in [0.1, 0.15) is 0 Å². The number of rotatable bonds is 3. The van der Waals surface area contributed by atoms with Crippen LogP contribution in [-0.4, -0.2) is 48.6 Å². The first-order chi connectivity index (χ1) is 8.48. The number of fused-ring (bicyclic) bond motifs is 1. The number of carbonyl (C=O) groups excluding carboxylic acids is 1. The first-order valence-corrected chi connectivity index (χ1v) is 6.67. The summed E-state index contributed by atoms with van der Waals surface area (Å²) >= 11 is 0. The first kappa shape index (κ1) is 13.4. The van der Waals surface area contributed by atoms with Crippen LogP contribution in [0.3, 0.4) is 0 Å². The molecule has 3 atom stereocenters. The van der Waals surface area contributed by atoms with Crippen LogP contribution in [0.15, 0.2) is 0 Å². The van der Waals surface area contributed by atoms with Gasteiger partial charge in [0, 0.05) is 18.6 Å². The summed E-state index contributed by atoms with van der Waals surface area (Å²) in [7, 11) is 0. The molecule has 2 rings (SSSR count). The second kappa shape index (κ2) is 4.91. The molecular formula is C14H23N3O. The van der Waals surface area contributed by atoms with Crippen LogP contribution < -0.4 is 10.6 Å². The van der Waals surface area contributed by atoms with Gasteiger partial charge in [-0.3, -0.25) is 9.69 Å². The van der Waals surface area contributed by atoms with E-state index in [9.17, 15) is 4.79 Å². The molecule has 2 heterocycles. The largest absolute Gasteiger partial charge is 0.344 e. The van der Waals surface area contributed by atoms with Gasteiger partial charge in [-0.15, -0.1) is 6.42 Å². The summed E-state index contributed by atoms with van der Waals surface area (Å²) in [5.41, 5.74) is 0.0705. The molecule has 0 bridgehead atoms. The lowest BCUT2D eigenvalue weighted by Gasteiger charge is -2.38. The zero-order chi connectivity index (χ0) is 13.3. The Bertz CT molecular complexity index is 372. The van der Waals surface area contributed by atoms with Crippen molar-refractivity contribution in [1.29, 1.82) is 0 Å². The molecule has 2 aliphatic heterocycles. The molecule has 3 unspecified atom stereocenters. The molecule has 4 nitrogen and oxygen atoms in total. The molecule has 1 amide bonds. The lowest BCUT2D eigenvalue weighted by Crippen LogP contribution is -2.54. The average molecular weight is 249 g/mol. The van der Waals surface area contributed by atoms with Gasteiger partial charge in [0.2, 0.25) is 5.91 Å². The average Bonchev–Trinajstić information content (AvgIpc) is 2.88. The first-order valence-electron chi connectivity index (χ1n) is 6.67. The van der Waals surface area contributed by atoms with Crippen molar-refractivity contribution in [2.24, 2.45) is 11.8 Å². The van der Waals surface area contributed by atoms with Crippen LogP contribution in [0.2, 0.25) is 0 Å². The fraction of sp³-hybridized carbons (Fsp3) is 0.786. The van der Waals surface area contributed by atoms with Gasteiger partial charge in [0.15, 0.2) is 0 Å². The predicted molar refractivity (Wildman–Crippen MR) is 71.9 cm³/mol. The van der Waals surface area contributed by atoms with Gasteiger partial charge >= 0.3 is 0 Å². The standard InChI is InChI=1S/C14H23N3O/c1-5-6-16-13(18)10(2)17-9-11-7-15-8-12(11)14(17,3)4/h1,10-12,15H,6-9H2,2-4H3,(H,16,18). The van der Waals surface area contributed by atoms with Gasteiger partial charge in [0.05, 0.1) is 12.6 Å². The molecule has 0 saturated carbocycles. The maximum atomic E-state index is 12.0. The second-order valence-electron chi connectivity index (χ2n) is 5.93. The van der Waals surface area contributed by atoms with Crippen molar-refractivity contribution in [3.05, 3.63) is 0 Å². The lowest BCUT2D eigenvalue weighted by molar-refractivity contribution is -0.127. The highest BCUT2D eigenvalue weighted by molar-refractivity contribution is 5.81. The fourth-order valence-corrected chi connectivity index (χ4v) is 3.54. The van der Waals surface area contributed by atoms with Gasteiger partial charge in [-0.05, 0) is 39.2 Å². The molecule has 2 fully saturated rings. The predicted octanol–water partition coefficient (Wildman–Crippen LogP) is 0.0541. The van der Waals surface area contributed by atoms with Crippen molar-refractivity contribution in [2.75, 3.05) is 26.2 Å². The third kappa shape index (κ3) is 2.13. The highest BCUT2D eigenvalue weighted by atomic mass is 16.2. The van der Waals surface area contributed by atoms with Gasteiger partial charge in [-0.25, -0.2) is 0 Å². The van der Waals surface area contributed by atoms with Crippen molar-refractivity contribution in [3.63, 3.8) is 0 Å². The van der Waals surface area contributed by atoms with E-state index in [0.29, 0.717) is 18.4 Å². The third-order valence-corrected chi connectivity index (χ3v) is 4.63. The van der Waals surface area contributed by atoms with Crippen molar-refractivity contribution in [1.82, 2.24) is 15.5 Å². The molecule has 0 aromatic carbocycles. The van der Waals surface area contributed by atoms with E-state index in [1.165, 1.54) is 0 Å². The maximum Gasteiger partial charge on any atom is 0.237 e. The van der Waals surface area contributed by atoms with Gasteiger partial charge in [-0.1, -0.05) is 5.92 Å². The van der Waals surface area contributed by atoms with E-state index in [1.807, 2.05) is 6.92 Å². The Morgan fingerprint density at radius 2 is 2.33 bits per heavy atom. The van der Waals surface area contributed by atoms with Crippen LogP contribution in [0.5, 0.6) is 0 Å². The van der Waals surface area contributed by atoms with Gasteiger partial charge in [-0.2, -0.15) is 0 Å². The Labute approximate surface area is 109 Å². The molecule has 2 saturated heterocycles. The van der Waals surface area contributed by atoms with E-state index in [2.05, 4.69) is 35.3 Å². The van der Waals surface area contributed by atoms with E-state index in [0.717, 1.165) is 19.6 Å². The fourth-order valence-electron chi connectivity index (χ4n) is 3.54. The summed E-state index contributed by atoms with van der Waals surface area (Å²) in [5, 5.41) is 6.23. The Balaban J connectivity index is 2.05. The maximum absolute atomic E-state index is 12.0. The van der Waals surface area contributed by atoms with Crippen molar-refractivity contribution in [3.8, 4) is 12.3 Å². The number of terminal acetylenes is 1. The van der Waals surface area contributed by atoms with E-state index in [1.54, 1.807) is 0 Å². The quantitative estimate of drug-likeness (QED) is 0.695. The molecule has 0 aromatic heterocycles. The van der Waals surface area contributed by atoms with Crippen LogP contribution in [0.25, 0.3) is 0 Å². The minimum Gasteiger partial charge on any atom is -0.344 e. The molecule has 0 spiro atoms. The van der Waals surface area contributed by atoms with Crippen LogP contribution >= 0.6 is 0 Å². The molecule has 100 valence electrons. The molecule has 2 aliphatic rings. The molecule has 4 heteroatoms. The van der Waals surface area contributed by atoms with Crippen LogP contribution in [0.1, 0.15) is 20.8 Å². The highest BCUT2D eigenvalue weighted by Gasteiger charge is 2.51. The van der Waals surface area contributed by atoms with E-state index >= 15 is 0 Å². The van der Waals surface area contributed by atoms with E-state index in [4.69, 9.17) is 6.42 Å². The summed E-state index contributed by atoms with van der Waals surface area (Å²) in [6.45, 7) is 9.91. The summed E-state index contributed by atoms with van der Waals surface area (Å²) < 4.78 is 0. The van der Waals surface area contributed by atoms with Crippen LogP contribution in [0.4, 0.5) is 0 Å². The number of hydrogen-bond acceptors (Lipinski definition) is 3. The molecule has 0 radical (unpaired) electrons. The third-order valence-electron chi connectivity index (χ3n) is 4.63. The number of hydrogen-bond donors (Lipinski definition) is 2.